The highest BCUT2D eigenvalue weighted by Crippen LogP contribution is 2.53. The van der Waals surface area contributed by atoms with Gasteiger partial charge < -0.3 is 0 Å². The van der Waals surface area contributed by atoms with Crippen molar-refractivity contribution in [1.82, 2.24) is 0 Å². The van der Waals surface area contributed by atoms with Crippen LogP contribution in [0.5, 0.6) is 0 Å². The van der Waals surface area contributed by atoms with E-state index in [1.54, 1.807) is 0 Å². The van der Waals surface area contributed by atoms with Crippen molar-refractivity contribution >= 4 is 0 Å². The lowest BCUT2D eigenvalue weighted by Gasteiger charge is -2.45. The fourth-order valence-electron chi connectivity index (χ4n) is 7.34. The number of allylic oxidation sites excluding steroid dienone is 1. The molecule has 0 rings (SSSR count). The molecule has 0 heterocycles. The van der Waals surface area contributed by atoms with Gasteiger partial charge in [-0.05, 0) is 70.3 Å². The van der Waals surface area contributed by atoms with Crippen molar-refractivity contribution in [3.8, 4) is 72.1 Å². The Bertz CT molecular complexity index is 1350. The van der Waals surface area contributed by atoms with E-state index in [2.05, 4.69) is 106 Å². The maximum Gasteiger partial charge on any atom is 0.0741 e. The van der Waals surface area contributed by atoms with E-state index < -0.39 is 5.41 Å². The van der Waals surface area contributed by atoms with Crippen molar-refractivity contribution in [1.29, 1.82) is 0 Å². The lowest BCUT2D eigenvalue weighted by atomic mass is 9.56. The molecular weight excluding hydrogens is 673 g/mol. The summed E-state index contributed by atoms with van der Waals surface area (Å²) in [7, 11) is 0. The van der Waals surface area contributed by atoms with Crippen LogP contribution in [0, 0.1) is 82.9 Å². The number of hydrogen-bond acceptors (Lipinski definition) is 0. The highest BCUT2D eigenvalue weighted by molar-refractivity contribution is 5.34. The number of unbranched alkanes of at least 4 members (excludes halogenated alkanes) is 22. The lowest BCUT2D eigenvalue weighted by molar-refractivity contribution is 0.108. The van der Waals surface area contributed by atoms with E-state index in [0.29, 0.717) is 0 Å². The first kappa shape index (κ1) is 52.9. The van der Waals surface area contributed by atoms with E-state index in [-0.39, 0.29) is 5.41 Å². The highest BCUT2D eigenvalue weighted by Gasteiger charge is 2.47. The van der Waals surface area contributed by atoms with Crippen LogP contribution in [0.1, 0.15) is 253 Å². The lowest BCUT2D eigenvalue weighted by Crippen LogP contribution is -2.40. The first-order valence-corrected chi connectivity index (χ1v) is 23.8. The van der Waals surface area contributed by atoms with Crippen molar-refractivity contribution in [2.24, 2.45) is 10.8 Å². The van der Waals surface area contributed by atoms with Crippen LogP contribution in [-0.4, -0.2) is 0 Å². The molecule has 0 aliphatic heterocycles. The minimum atomic E-state index is -0.462. The number of rotatable bonds is 32. The topological polar surface area (TPSA) is 0 Å². The average molecular weight is 759 g/mol. The molecule has 0 bridgehead atoms. The zero-order valence-corrected chi connectivity index (χ0v) is 37.8. The van der Waals surface area contributed by atoms with E-state index >= 15 is 0 Å². The van der Waals surface area contributed by atoms with Gasteiger partial charge in [-0.2, -0.15) is 0 Å². The molecule has 0 saturated carbocycles. The fraction of sp³-hybridized carbons (Fsp3) is 0.732. The maximum absolute atomic E-state index is 5.70. The molecule has 2 unspecified atom stereocenters. The second-order valence-electron chi connectivity index (χ2n) is 16.2. The summed E-state index contributed by atoms with van der Waals surface area (Å²) in [5.41, 5.74) is 4.48. The Morgan fingerprint density at radius 3 is 1.54 bits per heavy atom. The van der Waals surface area contributed by atoms with Gasteiger partial charge in [0.1, 0.15) is 0 Å². The first-order chi connectivity index (χ1) is 27.5. The third kappa shape index (κ3) is 27.5. The van der Waals surface area contributed by atoms with Gasteiger partial charge in [0.25, 0.3) is 0 Å². The van der Waals surface area contributed by atoms with Crippen LogP contribution >= 0.6 is 0 Å². The van der Waals surface area contributed by atoms with Gasteiger partial charge in [-0.15, -0.1) is 60.0 Å². The Hall–Kier alpha value is -3.12. The monoisotopic (exact) mass is 759 g/mol. The minimum absolute atomic E-state index is 0.132. The molecule has 0 spiro atoms. The van der Waals surface area contributed by atoms with Crippen LogP contribution in [0.3, 0.4) is 0 Å². The molecule has 0 radical (unpaired) electrons. The van der Waals surface area contributed by atoms with Gasteiger partial charge in [0.15, 0.2) is 0 Å². The summed E-state index contributed by atoms with van der Waals surface area (Å²) < 4.78 is 0. The molecule has 0 N–H and O–H groups in total. The smallest absolute Gasteiger partial charge is 0.0741 e. The van der Waals surface area contributed by atoms with Gasteiger partial charge in [-0.25, -0.2) is 0 Å². The van der Waals surface area contributed by atoms with Crippen molar-refractivity contribution in [2.75, 3.05) is 0 Å². The Labute approximate surface area is 351 Å². The van der Waals surface area contributed by atoms with Crippen molar-refractivity contribution in [2.45, 2.75) is 253 Å². The van der Waals surface area contributed by atoms with Crippen LogP contribution in [0.15, 0.2) is 17.4 Å². The van der Waals surface area contributed by atoms with E-state index in [1.807, 2.05) is 0 Å². The molecule has 0 amide bonds. The molecule has 0 aromatic heterocycles. The normalized spacial score (nSPS) is 12.3. The molecule has 0 aliphatic rings. The van der Waals surface area contributed by atoms with Gasteiger partial charge in [-0.1, -0.05) is 155 Å². The third-order valence-corrected chi connectivity index (χ3v) is 11.1. The van der Waals surface area contributed by atoms with Gasteiger partial charge in [0.2, 0.25) is 0 Å². The van der Waals surface area contributed by atoms with Crippen molar-refractivity contribution < 1.29 is 0 Å². The largest absolute Gasteiger partial charge is 0.120 e. The summed E-state index contributed by atoms with van der Waals surface area (Å²) in [4.78, 5) is 0. The summed E-state index contributed by atoms with van der Waals surface area (Å²) >= 11 is 0. The second-order valence-corrected chi connectivity index (χ2v) is 16.2. The maximum atomic E-state index is 5.70. The summed E-state index contributed by atoms with van der Waals surface area (Å²) in [6.07, 6.45) is 51.2. The van der Waals surface area contributed by atoms with E-state index in [9.17, 15) is 0 Å². The Kier molecular flexibility index (Phi) is 37.9. The fourth-order valence-corrected chi connectivity index (χ4v) is 7.34. The highest BCUT2D eigenvalue weighted by atomic mass is 14.5. The number of terminal acetylenes is 2. The van der Waals surface area contributed by atoms with Crippen LogP contribution in [0.2, 0.25) is 0 Å². The van der Waals surface area contributed by atoms with Crippen molar-refractivity contribution in [3.63, 3.8) is 0 Å². The third-order valence-electron chi connectivity index (χ3n) is 11.1. The molecule has 0 fully saturated rings. The minimum Gasteiger partial charge on any atom is -0.120 e. The number of hydrogen-bond donors (Lipinski definition) is 0. The molecule has 310 valence electrons. The summed E-state index contributed by atoms with van der Waals surface area (Å²) in [5, 5.41) is 0. The quantitative estimate of drug-likeness (QED) is 0.0364. The molecule has 0 nitrogen and oxygen atoms in total. The van der Waals surface area contributed by atoms with Gasteiger partial charge in [0, 0.05) is 62.4 Å². The Morgan fingerprint density at radius 2 is 0.893 bits per heavy atom. The average Bonchev–Trinajstić information content (AvgIpc) is 3.21. The van der Waals surface area contributed by atoms with Crippen LogP contribution in [0.4, 0.5) is 0 Å². The standard InChI is InChI=1S/C56H86/c1-8-15-22-28-32-34-40-46-54(45-39-33-29-23-16-9-2)47-53-56(51-43-37-30-24-17-10-3,52-44-38-31-25-18-11-4)55(48-21-14-7,49-41-35-26-19-12-5)50-42-36-27-20-13-6/h2,5,53H,8,10-11,13-35,37,39,41,45,48-50,52H2,1,3-4,6-7H3. The van der Waals surface area contributed by atoms with Crippen molar-refractivity contribution in [3.05, 3.63) is 17.4 Å². The molecule has 0 aliphatic carbocycles. The SMILES string of the molecule is C#CCCCCCCC(=C=CC(C#CCCCCCC)(CC#CCCCCC)C(CC#CCCCC)(CCCC)CCCCCC#C)C#CCCCCCCC. The van der Waals surface area contributed by atoms with Crippen LogP contribution in [0.25, 0.3) is 0 Å². The molecule has 0 heteroatoms. The van der Waals surface area contributed by atoms with E-state index in [4.69, 9.17) is 12.8 Å². The summed E-state index contributed by atoms with van der Waals surface area (Å²) in [6.45, 7) is 11.4. The predicted molar refractivity (Wildman–Crippen MR) is 251 cm³/mol. The summed E-state index contributed by atoms with van der Waals surface area (Å²) in [5.74, 6) is 35.6. The van der Waals surface area contributed by atoms with Gasteiger partial charge >= 0.3 is 0 Å². The van der Waals surface area contributed by atoms with Crippen LogP contribution in [-0.2, 0) is 0 Å². The molecular formula is C56H86. The Balaban J connectivity index is 7.69. The molecule has 56 heavy (non-hydrogen) atoms. The molecule has 0 saturated heterocycles. The molecule has 0 aromatic carbocycles. The zero-order valence-electron chi connectivity index (χ0n) is 37.8. The Morgan fingerprint density at radius 1 is 0.429 bits per heavy atom. The second kappa shape index (κ2) is 40.1. The zero-order chi connectivity index (χ0) is 41.1. The first-order valence-electron chi connectivity index (χ1n) is 23.8. The van der Waals surface area contributed by atoms with E-state index in [0.717, 1.165) is 140 Å². The van der Waals surface area contributed by atoms with Crippen LogP contribution < -0.4 is 0 Å². The molecule has 2 atom stereocenters. The van der Waals surface area contributed by atoms with E-state index in [1.165, 1.54) is 83.5 Å². The van der Waals surface area contributed by atoms with Gasteiger partial charge in [0.05, 0.1) is 5.41 Å². The predicted octanol–water partition coefficient (Wildman–Crippen LogP) is 16.7. The summed E-state index contributed by atoms with van der Waals surface area (Å²) in [6, 6.07) is 0. The van der Waals surface area contributed by atoms with Gasteiger partial charge in [-0.3, -0.25) is 0 Å². The molecule has 0 aromatic rings.